The van der Waals surface area contributed by atoms with Gasteiger partial charge < -0.3 is 0 Å². The van der Waals surface area contributed by atoms with E-state index < -0.39 is 0 Å². The minimum absolute atomic E-state index is 0.479. The van der Waals surface area contributed by atoms with Gasteiger partial charge in [0.1, 0.15) is 0 Å². The summed E-state index contributed by atoms with van der Waals surface area (Å²) in [4.78, 5) is 0. The molecule has 0 bridgehead atoms. The van der Waals surface area contributed by atoms with Crippen LogP contribution in [0.1, 0.15) is 54.0 Å². The number of hydrogen-bond donors (Lipinski definition) is 1. The molecule has 2 aromatic carbocycles. The number of nitrogens with one attached hydrogen (secondary N) is 1. The zero-order chi connectivity index (χ0) is 16.1. The maximum absolute atomic E-state index is 5.21. The summed E-state index contributed by atoms with van der Waals surface area (Å²) in [5.74, 6) is 3.42. The van der Waals surface area contributed by atoms with E-state index in [1.165, 1.54) is 36.8 Å². The zero-order valence-corrected chi connectivity index (χ0v) is 13.9. The molecule has 0 fully saturated rings. The predicted molar refractivity (Wildman–Crippen MR) is 97.5 cm³/mol. The van der Waals surface area contributed by atoms with Crippen molar-refractivity contribution < 1.29 is 0 Å². The molecule has 0 radical (unpaired) electrons. The lowest BCUT2D eigenvalue weighted by Gasteiger charge is -2.10. The minimum Gasteiger partial charge on any atom is -0.299 e. The SMILES string of the molecule is C#CCN[C@@H]1CCc2ccccc21.C[C@@H]1CCc2ccccc21. The van der Waals surface area contributed by atoms with E-state index in [-0.39, 0.29) is 0 Å². The van der Waals surface area contributed by atoms with Crippen LogP contribution < -0.4 is 5.32 Å². The molecule has 118 valence electrons. The molecule has 0 aromatic heterocycles. The van der Waals surface area contributed by atoms with Crippen LogP contribution in [-0.2, 0) is 12.8 Å². The Morgan fingerprint density at radius 2 is 1.57 bits per heavy atom. The summed E-state index contributed by atoms with van der Waals surface area (Å²) in [7, 11) is 0. The Bertz CT molecular complexity index is 695. The quantitative estimate of drug-likeness (QED) is 0.797. The van der Waals surface area contributed by atoms with Crippen LogP contribution in [0, 0.1) is 12.3 Å². The Balaban J connectivity index is 0.000000140. The van der Waals surface area contributed by atoms with Crippen LogP contribution in [0.25, 0.3) is 0 Å². The van der Waals surface area contributed by atoms with Crippen molar-refractivity contribution in [3.63, 3.8) is 0 Å². The Labute approximate surface area is 140 Å². The number of rotatable bonds is 2. The summed E-state index contributed by atoms with van der Waals surface area (Å²) < 4.78 is 0. The van der Waals surface area contributed by atoms with Gasteiger partial charge in [0.15, 0.2) is 0 Å². The molecule has 2 aromatic rings. The molecule has 4 rings (SSSR count). The largest absolute Gasteiger partial charge is 0.299 e. The van der Waals surface area contributed by atoms with Crippen molar-refractivity contribution in [1.82, 2.24) is 5.32 Å². The van der Waals surface area contributed by atoms with Gasteiger partial charge >= 0.3 is 0 Å². The molecule has 2 aliphatic rings. The summed E-state index contributed by atoms with van der Waals surface area (Å²) in [5, 5.41) is 3.35. The first-order valence-corrected chi connectivity index (χ1v) is 8.62. The molecule has 1 heteroatoms. The van der Waals surface area contributed by atoms with Crippen LogP contribution in [0.3, 0.4) is 0 Å². The molecule has 0 unspecified atom stereocenters. The van der Waals surface area contributed by atoms with Gasteiger partial charge in [0.25, 0.3) is 0 Å². The van der Waals surface area contributed by atoms with Crippen LogP contribution in [0.4, 0.5) is 0 Å². The van der Waals surface area contributed by atoms with Gasteiger partial charge in [0.2, 0.25) is 0 Å². The number of aryl methyl sites for hydroxylation is 2. The normalized spacial score (nSPS) is 20.9. The molecule has 0 spiro atoms. The molecule has 2 atom stereocenters. The highest BCUT2D eigenvalue weighted by atomic mass is 14.9. The van der Waals surface area contributed by atoms with Gasteiger partial charge in [-0.3, -0.25) is 5.32 Å². The Hall–Kier alpha value is -2.04. The first kappa shape index (κ1) is 15.8. The average Bonchev–Trinajstić information content (AvgIpc) is 3.18. The molecule has 1 nitrogen and oxygen atoms in total. The molecule has 23 heavy (non-hydrogen) atoms. The van der Waals surface area contributed by atoms with E-state index in [1.807, 2.05) is 0 Å². The fraction of sp³-hybridized carbons (Fsp3) is 0.364. The maximum Gasteiger partial charge on any atom is 0.0578 e. The molecule has 0 saturated heterocycles. The average molecular weight is 303 g/mol. The first-order chi connectivity index (χ1) is 11.3. The van der Waals surface area contributed by atoms with Crippen molar-refractivity contribution >= 4 is 0 Å². The summed E-state index contributed by atoms with van der Waals surface area (Å²) in [6.07, 6.45) is 10.2. The van der Waals surface area contributed by atoms with E-state index in [0.717, 1.165) is 5.92 Å². The van der Waals surface area contributed by atoms with Crippen LogP contribution in [-0.4, -0.2) is 6.54 Å². The van der Waals surface area contributed by atoms with E-state index >= 15 is 0 Å². The van der Waals surface area contributed by atoms with Crippen molar-refractivity contribution in [3.8, 4) is 12.3 Å². The van der Waals surface area contributed by atoms with Gasteiger partial charge in [-0.1, -0.05) is 61.4 Å². The zero-order valence-electron chi connectivity index (χ0n) is 13.9. The van der Waals surface area contributed by atoms with Crippen LogP contribution in [0.15, 0.2) is 48.5 Å². The number of terminal acetylenes is 1. The van der Waals surface area contributed by atoms with Crippen LogP contribution in [0.2, 0.25) is 0 Å². The predicted octanol–water partition coefficient (Wildman–Crippen LogP) is 4.63. The van der Waals surface area contributed by atoms with Crippen molar-refractivity contribution in [1.29, 1.82) is 0 Å². The molecule has 0 amide bonds. The molecular formula is C22H25N. The Kier molecular flexibility index (Phi) is 5.16. The number of benzene rings is 2. The minimum atomic E-state index is 0.479. The fourth-order valence-corrected chi connectivity index (χ4v) is 3.72. The monoisotopic (exact) mass is 303 g/mol. The third-order valence-corrected chi connectivity index (χ3v) is 5.02. The molecule has 0 saturated carbocycles. The van der Waals surface area contributed by atoms with Crippen molar-refractivity contribution in [2.45, 2.75) is 44.6 Å². The van der Waals surface area contributed by atoms with E-state index in [4.69, 9.17) is 6.42 Å². The lowest BCUT2D eigenvalue weighted by Crippen LogP contribution is -2.19. The van der Waals surface area contributed by atoms with Crippen molar-refractivity contribution in [2.24, 2.45) is 0 Å². The summed E-state index contributed by atoms with van der Waals surface area (Å²) in [6, 6.07) is 17.8. The van der Waals surface area contributed by atoms with E-state index in [1.54, 1.807) is 11.1 Å². The molecule has 1 N–H and O–H groups in total. The number of fused-ring (bicyclic) bond motifs is 2. The smallest absolute Gasteiger partial charge is 0.0578 e. The van der Waals surface area contributed by atoms with E-state index in [9.17, 15) is 0 Å². The summed E-state index contributed by atoms with van der Waals surface area (Å²) in [5.41, 5.74) is 6.03. The van der Waals surface area contributed by atoms with Gasteiger partial charge in [-0.2, -0.15) is 0 Å². The second-order valence-corrected chi connectivity index (χ2v) is 6.51. The van der Waals surface area contributed by atoms with Crippen molar-refractivity contribution in [2.75, 3.05) is 6.54 Å². The fourth-order valence-electron chi connectivity index (χ4n) is 3.72. The van der Waals surface area contributed by atoms with Crippen LogP contribution in [0.5, 0.6) is 0 Å². The standard InChI is InChI=1S/C12H13N.C10H12/c1-2-9-13-12-8-7-10-5-3-4-6-11(10)12;1-8-6-7-9-4-2-3-5-10(8)9/h1,3-6,12-13H,7-9H2;2-5,8H,6-7H2,1H3/t12-;8-/m11/s1. The van der Waals surface area contributed by atoms with Gasteiger partial charge in [-0.25, -0.2) is 0 Å². The number of hydrogen-bond acceptors (Lipinski definition) is 1. The van der Waals surface area contributed by atoms with E-state index in [2.05, 4.69) is 66.7 Å². The highest BCUT2D eigenvalue weighted by Gasteiger charge is 2.20. The highest BCUT2D eigenvalue weighted by molar-refractivity contribution is 5.35. The molecule has 0 aliphatic heterocycles. The molecule has 0 heterocycles. The lowest BCUT2D eigenvalue weighted by atomic mass is 10.0. The van der Waals surface area contributed by atoms with E-state index in [0.29, 0.717) is 12.6 Å². The topological polar surface area (TPSA) is 12.0 Å². The molecule has 2 aliphatic carbocycles. The summed E-state index contributed by atoms with van der Waals surface area (Å²) in [6.45, 7) is 2.98. The van der Waals surface area contributed by atoms with Crippen LogP contribution >= 0.6 is 0 Å². The maximum atomic E-state index is 5.21. The van der Waals surface area contributed by atoms with Gasteiger partial charge in [-0.15, -0.1) is 6.42 Å². The first-order valence-electron chi connectivity index (χ1n) is 8.62. The highest BCUT2D eigenvalue weighted by Crippen LogP contribution is 2.32. The Morgan fingerprint density at radius 1 is 0.957 bits per heavy atom. The summed E-state index contributed by atoms with van der Waals surface area (Å²) >= 11 is 0. The second kappa shape index (κ2) is 7.49. The lowest BCUT2D eigenvalue weighted by molar-refractivity contribution is 0.568. The second-order valence-electron chi connectivity index (χ2n) is 6.51. The molecular weight excluding hydrogens is 278 g/mol. The third kappa shape index (κ3) is 3.66. The van der Waals surface area contributed by atoms with Gasteiger partial charge in [0.05, 0.1) is 6.54 Å². The van der Waals surface area contributed by atoms with Gasteiger partial charge in [0, 0.05) is 6.04 Å². The van der Waals surface area contributed by atoms with Crippen molar-refractivity contribution in [3.05, 3.63) is 70.8 Å². The third-order valence-electron chi connectivity index (χ3n) is 5.02. The van der Waals surface area contributed by atoms with Gasteiger partial charge in [-0.05, 0) is 53.9 Å². The Morgan fingerprint density at radius 3 is 2.26 bits per heavy atom.